The normalized spacial score (nSPS) is 15.0. The summed E-state index contributed by atoms with van der Waals surface area (Å²) in [5.74, 6) is 1.31. The van der Waals surface area contributed by atoms with Gasteiger partial charge in [-0.15, -0.1) is 0 Å². The molecule has 140 valence electrons. The van der Waals surface area contributed by atoms with Gasteiger partial charge in [-0.05, 0) is 12.1 Å². The van der Waals surface area contributed by atoms with Gasteiger partial charge in [-0.25, -0.2) is 4.98 Å². The zero-order valence-electron chi connectivity index (χ0n) is 15.2. The molecule has 1 aromatic carbocycles. The first-order valence-corrected chi connectivity index (χ1v) is 9.20. The number of nitrogen functional groups attached to an aromatic ring is 1. The Hall–Kier alpha value is -3.68. The molecule has 1 aliphatic heterocycles. The number of para-hydroxylation sites is 1. The van der Waals surface area contributed by atoms with Gasteiger partial charge < -0.3 is 16.0 Å². The fraction of sp³-hybridized carbons (Fsp3) is 0.200. The predicted octanol–water partition coefficient (Wildman–Crippen LogP) is 1.85. The monoisotopic (exact) mass is 373 g/mol. The molecule has 4 aromatic rings. The van der Waals surface area contributed by atoms with Crippen LogP contribution in [-0.4, -0.2) is 45.1 Å². The Labute approximate surface area is 161 Å². The highest BCUT2D eigenvalue weighted by Crippen LogP contribution is 2.28. The van der Waals surface area contributed by atoms with Crippen molar-refractivity contribution in [1.82, 2.24) is 24.9 Å². The number of anilines is 2. The number of aromatic nitrogens is 4. The van der Waals surface area contributed by atoms with Crippen LogP contribution in [0.2, 0.25) is 0 Å². The van der Waals surface area contributed by atoms with Crippen molar-refractivity contribution in [2.75, 3.05) is 30.3 Å². The van der Waals surface area contributed by atoms with Crippen LogP contribution in [0, 0.1) is 0 Å². The van der Waals surface area contributed by atoms with Crippen LogP contribution in [0.3, 0.4) is 0 Å². The second kappa shape index (κ2) is 6.49. The minimum absolute atomic E-state index is 0.0591. The number of hydrogen-bond acceptors (Lipinski definition) is 6. The molecule has 0 radical (unpaired) electrons. The van der Waals surface area contributed by atoms with Crippen molar-refractivity contribution in [2.45, 2.75) is 6.42 Å². The van der Waals surface area contributed by atoms with Gasteiger partial charge in [-0.1, -0.05) is 18.2 Å². The average Bonchev–Trinajstić information content (AvgIpc) is 3.02. The lowest BCUT2D eigenvalue weighted by Gasteiger charge is -2.21. The van der Waals surface area contributed by atoms with Crippen molar-refractivity contribution in [3.05, 3.63) is 48.8 Å². The minimum Gasteiger partial charge on any atom is -0.383 e. The quantitative estimate of drug-likeness (QED) is 0.556. The van der Waals surface area contributed by atoms with Crippen LogP contribution in [0.15, 0.2) is 48.8 Å². The van der Waals surface area contributed by atoms with E-state index in [1.165, 1.54) is 0 Å². The van der Waals surface area contributed by atoms with Crippen molar-refractivity contribution < 1.29 is 4.79 Å². The molecule has 1 fully saturated rings. The number of hydrogen-bond donors (Lipinski definition) is 2. The maximum absolute atomic E-state index is 11.6. The predicted molar refractivity (Wildman–Crippen MR) is 108 cm³/mol. The van der Waals surface area contributed by atoms with Crippen molar-refractivity contribution in [2.24, 2.45) is 0 Å². The molecule has 0 spiro atoms. The van der Waals surface area contributed by atoms with Gasteiger partial charge in [0.1, 0.15) is 11.6 Å². The summed E-state index contributed by atoms with van der Waals surface area (Å²) in [6, 6.07) is 11.9. The molecule has 0 unspecified atom stereocenters. The van der Waals surface area contributed by atoms with Gasteiger partial charge >= 0.3 is 0 Å². The SMILES string of the molecule is Nc1cc(N2CCNC(=O)CC2)nc2c(-c3cnc4ccccc4c3)cnn12. The molecule has 5 rings (SSSR count). The Morgan fingerprint density at radius 1 is 1.11 bits per heavy atom. The minimum atomic E-state index is 0.0591. The Morgan fingerprint density at radius 2 is 2.00 bits per heavy atom. The first-order valence-electron chi connectivity index (χ1n) is 9.20. The third-order valence-corrected chi connectivity index (χ3v) is 5.02. The molecule has 1 amide bonds. The van der Waals surface area contributed by atoms with E-state index in [-0.39, 0.29) is 5.91 Å². The van der Waals surface area contributed by atoms with Gasteiger partial charge in [-0.3, -0.25) is 9.78 Å². The zero-order chi connectivity index (χ0) is 19.1. The van der Waals surface area contributed by atoms with Gasteiger partial charge in [0.2, 0.25) is 5.91 Å². The van der Waals surface area contributed by atoms with Crippen LogP contribution < -0.4 is 16.0 Å². The molecule has 28 heavy (non-hydrogen) atoms. The number of nitrogens with zero attached hydrogens (tertiary/aromatic N) is 5. The average molecular weight is 373 g/mol. The van der Waals surface area contributed by atoms with E-state index in [2.05, 4.69) is 26.4 Å². The number of carbonyl (C=O) groups excluding carboxylic acids is 1. The summed E-state index contributed by atoms with van der Waals surface area (Å²) in [5.41, 5.74) is 9.67. The Balaban J connectivity index is 1.61. The topological polar surface area (TPSA) is 101 Å². The molecular weight excluding hydrogens is 354 g/mol. The smallest absolute Gasteiger partial charge is 0.221 e. The molecule has 3 aromatic heterocycles. The summed E-state index contributed by atoms with van der Waals surface area (Å²) >= 11 is 0. The van der Waals surface area contributed by atoms with E-state index >= 15 is 0 Å². The van der Waals surface area contributed by atoms with E-state index in [1.54, 1.807) is 16.8 Å². The second-order valence-corrected chi connectivity index (χ2v) is 6.84. The summed E-state index contributed by atoms with van der Waals surface area (Å²) in [7, 11) is 0. The molecule has 0 atom stereocenters. The van der Waals surface area contributed by atoms with Crippen LogP contribution >= 0.6 is 0 Å². The highest BCUT2D eigenvalue weighted by Gasteiger charge is 2.18. The van der Waals surface area contributed by atoms with Crippen molar-refractivity contribution in [3.8, 4) is 11.1 Å². The second-order valence-electron chi connectivity index (χ2n) is 6.84. The largest absolute Gasteiger partial charge is 0.383 e. The molecular formula is C20H19N7O. The molecule has 1 aliphatic rings. The molecule has 0 aliphatic carbocycles. The molecule has 3 N–H and O–H groups in total. The Bertz CT molecular complexity index is 1200. The standard InChI is InChI=1S/C20H19N7O/c21-17-10-18(26-7-5-19(28)22-6-8-26)25-20-15(12-24-27(17)20)14-9-13-3-1-2-4-16(13)23-11-14/h1-4,9-12H,5-8,21H2,(H,22,28). The van der Waals surface area contributed by atoms with Gasteiger partial charge in [0.05, 0.1) is 11.7 Å². The van der Waals surface area contributed by atoms with E-state index in [4.69, 9.17) is 10.7 Å². The Kier molecular flexibility index (Phi) is 3.82. The van der Waals surface area contributed by atoms with E-state index in [0.29, 0.717) is 37.5 Å². The third kappa shape index (κ3) is 2.79. The molecule has 0 saturated carbocycles. The summed E-state index contributed by atoms with van der Waals surface area (Å²) < 4.78 is 1.63. The first kappa shape index (κ1) is 16.5. The summed E-state index contributed by atoms with van der Waals surface area (Å²) in [6.07, 6.45) is 4.04. The number of fused-ring (bicyclic) bond motifs is 2. The summed E-state index contributed by atoms with van der Waals surface area (Å²) in [5, 5.41) is 8.34. The molecule has 1 saturated heterocycles. The van der Waals surface area contributed by atoms with Crippen molar-refractivity contribution in [3.63, 3.8) is 0 Å². The maximum atomic E-state index is 11.6. The van der Waals surface area contributed by atoms with Gasteiger partial charge in [0.15, 0.2) is 5.65 Å². The zero-order valence-corrected chi connectivity index (χ0v) is 15.2. The summed E-state index contributed by atoms with van der Waals surface area (Å²) in [6.45, 7) is 1.89. The van der Waals surface area contributed by atoms with Gasteiger partial charge in [0, 0.05) is 54.8 Å². The van der Waals surface area contributed by atoms with Crippen LogP contribution in [-0.2, 0) is 4.79 Å². The molecule has 4 heterocycles. The van der Waals surface area contributed by atoms with Crippen molar-refractivity contribution >= 4 is 34.1 Å². The maximum Gasteiger partial charge on any atom is 0.221 e. The molecule has 0 bridgehead atoms. The first-order chi connectivity index (χ1) is 13.7. The van der Waals surface area contributed by atoms with Crippen LogP contribution in [0.1, 0.15) is 6.42 Å². The lowest BCUT2D eigenvalue weighted by molar-refractivity contribution is -0.120. The highest BCUT2D eigenvalue weighted by atomic mass is 16.1. The van der Waals surface area contributed by atoms with Gasteiger partial charge in [-0.2, -0.15) is 9.61 Å². The number of nitrogens with one attached hydrogen (secondary N) is 1. The van der Waals surface area contributed by atoms with E-state index in [0.717, 1.165) is 27.8 Å². The fourth-order valence-electron chi connectivity index (χ4n) is 3.55. The summed E-state index contributed by atoms with van der Waals surface area (Å²) in [4.78, 5) is 23.1. The highest BCUT2D eigenvalue weighted by molar-refractivity contribution is 5.87. The van der Waals surface area contributed by atoms with E-state index in [1.807, 2.05) is 30.5 Å². The lowest BCUT2D eigenvalue weighted by atomic mass is 10.1. The third-order valence-electron chi connectivity index (χ3n) is 5.02. The fourth-order valence-corrected chi connectivity index (χ4v) is 3.55. The van der Waals surface area contributed by atoms with Crippen LogP contribution in [0.4, 0.5) is 11.6 Å². The Morgan fingerprint density at radius 3 is 2.93 bits per heavy atom. The number of pyridine rings is 1. The number of rotatable bonds is 2. The van der Waals surface area contributed by atoms with Crippen LogP contribution in [0.5, 0.6) is 0 Å². The van der Waals surface area contributed by atoms with Gasteiger partial charge in [0.25, 0.3) is 0 Å². The van der Waals surface area contributed by atoms with Crippen molar-refractivity contribution in [1.29, 1.82) is 0 Å². The number of nitrogens with two attached hydrogens (primary N) is 1. The number of carbonyl (C=O) groups is 1. The van der Waals surface area contributed by atoms with Crippen LogP contribution in [0.25, 0.3) is 27.7 Å². The number of benzene rings is 1. The van der Waals surface area contributed by atoms with E-state index in [9.17, 15) is 4.79 Å². The lowest BCUT2D eigenvalue weighted by Crippen LogP contribution is -2.29. The molecule has 8 heteroatoms. The number of amides is 1. The molecule has 8 nitrogen and oxygen atoms in total. The van der Waals surface area contributed by atoms with E-state index < -0.39 is 0 Å².